The second-order valence-electron chi connectivity index (χ2n) is 23.9. The van der Waals surface area contributed by atoms with Crippen LogP contribution in [0.2, 0.25) is 0 Å². The van der Waals surface area contributed by atoms with Crippen LogP contribution >= 0.6 is 0 Å². The van der Waals surface area contributed by atoms with Crippen molar-refractivity contribution in [1.82, 2.24) is 5.32 Å². The lowest BCUT2D eigenvalue weighted by Gasteiger charge is -2.22. The maximum atomic E-state index is 12.5. The van der Waals surface area contributed by atoms with Crippen LogP contribution in [0.15, 0.2) is 36.5 Å². The van der Waals surface area contributed by atoms with E-state index in [1.165, 1.54) is 295 Å². The maximum absolute atomic E-state index is 12.5. The Hall–Kier alpha value is -1.92. The maximum Gasteiger partial charge on any atom is 0.305 e. The Labute approximate surface area is 481 Å². The van der Waals surface area contributed by atoms with E-state index in [9.17, 15) is 19.8 Å². The van der Waals surface area contributed by atoms with Crippen LogP contribution in [0, 0.1) is 0 Å². The smallest absolute Gasteiger partial charge is 0.305 e. The number of hydrogen-bond acceptors (Lipinski definition) is 5. The summed E-state index contributed by atoms with van der Waals surface area (Å²) in [5.74, 6) is -0.0378. The zero-order valence-electron chi connectivity index (χ0n) is 52.0. The summed E-state index contributed by atoms with van der Waals surface area (Å²) in [6.07, 6.45) is 84.6. The first-order chi connectivity index (χ1) is 38.0. The van der Waals surface area contributed by atoms with E-state index >= 15 is 0 Å². The lowest BCUT2D eigenvalue weighted by atomic mass is 10.0. The first kappa shape index (κ1) is 75.1. The highest BCUT2D eigenvalue weighted by Crippen LogP contribution is 2.18. The zero-order valence-corrected chi connectivity index (χ0v) is 52.0. The Morgan fingerprint density at radius 1 is 0.364 bits per heavy atom. The van der Waals surface area contributed by atoms with Crippen molar-refractivity contribution in [3.05, 3.63) is 36.5 Å². The van der Waals surface area contributed by atoms with Crippen molar-refractivity contribution in [2.45, 2.75) is 392 Å². The van der Waals surface area contributed by atoms with Crippen molar-refractivity contribution in [3.8, 4) is 0 Å². The highest BCUT2D eigenvalue weighted by molar-refractivity contribution is 5.76. The molecule has 0 aliphatic rings. The van der Waals surface area contributed by atoms with Crippen molar-refractivity contribution >= 4 is 11.9 Å². The minimum absolute atomic E-state index is 0.00156. The number of aliphatic hydroxyl groups is 2. The van der Waals surface area contributed by atoms with E-state index in [4.69, 9.17) is 4.74 Å². The fourth-order valence-corrected chi connectivity index (χ4v) is 10.8. The summed E-state index contributed by atoms with van der Waals surface area (Å²) in [4.78, 5) is 24.6. The Morgan fingerprint density at radius 3 is 1.01 bits per heavy atom. The van der Waals surface area contributed by atoms with Crippen LogP contribution in [0.25, 0.3) is 0 Å². The van der Waals surface area contributed by atoms with Crippen molar-refractivity contribution in [2.24, 2.45) is 0 Å². The molecule has 2 unspecified atom stereocenters. The van der Waals surface area contributed by atoms with Crippen molar-refractivity contribution in [3.63, 3.8) is 0 Å². The number of aliphatic hydroxyl groups excluding tert-OH is 2. The van der Waals surface area contributed by atoms with Gasteiger partial charge in [0.15, 0.2) is 0 Å². The Balaban J connectivity index is 3.42. The van der Waals surface area contributed by atoms with Gasteiger partial charge in [0.1, 0.15) is 0 Å². The number of unbranched alkanes of at least 4 members (excludes halogenated alkanes) is 48. The van der Waals surface area contributed by atoms with Crippen LogP contribution in [-0.2, 0) is 14.3 Å². The number of rotatable bonds is 65. The minimum atomic E-state index is -0.671. The van der Waals surface area contributed by atoms with Gasteiger partial charge >= 0.3 is 5.97 Å². The fraction of sp³-hybridized carbons (Fsp3) is 0.887. The lowest BCUT2D eigenvalue weighted by Crippen LogP contribution is -2.45. The number of carbonyl (C=O) groups excluding carboxylic acids is 2. The van der Waals surface area contributed by atoms with Gasteiger partial charge in [0.05, 0.1) is 25.4 Å². The van der Waals surface area contributed by atoms with Gasteiger partial charge in [-0.2, -0.15) is 0 Å². The predicted molar refractivity (Wildman–Crippen MR) is 338 cm³/mol. The van der Waals surface area contributed by atoms with Crippen LogP contribution in [0.1, 0.15) is 380 Å². The number of nitrogens with one attached hydrogen (secondary N) is 1. The molecule has 0 saturated heterocycles. The first-order valence-corrected chi connectivity index (χ1v) is 34.7. The van der Waals surface area contributed by atoms with Gasteiger partial charge in [0.2, 0.25) is 5.91 Å². The fourth-order valence-electron chi connectivity index (χ4n) is 10.8. The molecule has 454 valence electrons. The molecular formula is C71H135NO5. The Bertz CT molecular complexity index is 1250. The second kappa shape index (κ2) is 66.6. The van der Waals surface area contributed by atoms with Crippen LogP contribution in [0.4, 0.5) is 0 Å². The second-order valence-corrected chi connectivity index (χ2v) is 23.9. The van der Waals surface area contributed by atoms with Gasteiger partial charge in [0.25, 0.3) is 0 Å². The van der Waals surface area contributed by atoms with E-state index < -0.39 is 12.1 Å². The molecule has 6 nitrogen and oxygen atoms in total. The van der Waals surface area contributed by atoms with Crippen LogP contribution < -0.4 is 5.32 Å². The molecule has 0 heterocycles. The average molecular weight is 1080 g/mol. The zero-order chi connectivity index (χ0) is 55.7. The predicted octanol–water partition coefficient (Wildman–Crippen LogP) is 22.3. The van der Waals surface area contributed by atoms with Gasteiger partial charge in [0, 0.05) is 12.8 Å². The number of amides is 1. The molecule has 1 amide bonds. The van der Waals surface area contributed by atoms with Crippen LogP contribution in [0.5, 0.6) is 0 Å². The summed E-state index contributed by atoms with van der Waals surface area (Å²) in [7, 11) is 0. The van der Waals surface area contributed by atoms with E-state index in [2.05, 4.69) is 55.6 Å². The number of esters is 1. The molecule has 0 fully saturated rings. The van der Waals surface area contributed by atoms with E-state index in [1.807, 2.05) is 0 Å². The number of carbonyl (C=O) groups is 2. The standard InChI is InChI=1S/C71H135NO5/c1-3-5-7-9-11-13-15-17-19-21-23-25-28-31-35-39-43-47-51-55-59-63-69(74)68(67-73)72-70(75)64-60-56-52-48-44-40-36-32-29-26-24-27-30-34-38-42-46-50-54-58-62-66-77-71(76)65-61-57-53-49-45-41-37-33-22-20-18-16-14-12-10-8-6-4-2/h14,16,20,22,26,29,68-69,73-74H,3-13,15,17-19,21,23-25,27-28,30-67H2,1-2H3,(H,72,75)/b16-14-,22-20-,29-26-. The highest BCUT2D eigenvalue weighted by atomic mass is 16.5. The highest BCUT2D eigenvalue weighted by Gasteiger charge is 2.20. The molecule has 6 heteroatoms. The third-order valence-corrected chi connectivity index (χ3v) is 16.2. The van der Waals surface area contributed by atoms with Crippen LogP contribution in [0.3, 0.4) is 0 Å². The molecule has 0 saturated carbocycles. The third kappa shape index (κ3) is 63.1. The Morgan fingerprint density at radius 2 is 0.649 bits per heavy atom. The molecule has 0 aromatic rings. The molecule has 3 N–H and O–H groups in total. The molecule has 0 aromatic heterocycles. The van der Waals surface area contributed by atoms with E-state index in [1.54, 1.807) is 0 Å². The lowest BCUT2D eigenvalue weighted by molar-refractivity contribution is -0.143. The molecule has 0 spiro atoms. The SMILES string of the molecule is CCCCCC/C=C\C/C=C\CCCCCCCCCC(=O)OCCCCCCCCCCCC/C=C\CCCCCCCCCC(=O)NC(CO)C(O)CCCCCCCCCCCCCCCCCCCCCCC. The summed E-state index contributed by atoms with van der Waals surface area (Å²) in [5.41, 5.74) is 0. The monoisotopic (exact) mass is 1080 g/mol. The summed E-state index contributed by atoms with van der Waals surface area (Å²) < 4.78 is 5.49. The van der Waals surface area contributed by atoms with E-state index in [-0.39, 0.29) is 18.5 Å². The van der Waals surface area contributed by atoms with Gasteiger partial charge in [-0.3, -0.25) is 9.59 Å². The van der Waals surface area contributed by atoms with Crippen molar-refractivity contribution in [2.75, 3.05) is 13.2 Å². The number of hydrogen-bond donors (Lipinski definition) is 3. The summed E-state index contributed by atoms with van der Waals surface area (Å²) in [6, 6.07) is -0.549. The van der Waals surface area contributed by atoms with Gasteiger partial charge in [-0.1, -0.05) is 320 Å². The van der Waals surface area contributed by atoms with Gasteiger partial charge in [-0.05, 0) is 83.5 Å². The number of allylic oxidation sites excluding steroid dienone is 6. The summed E-state index contributed by atoms with van der Waals surface area (Å²) in [5, 5.41) is 23.4. The molecule has 2 atom stereocenters. The molecule has 77 heavy (non-hydrogen) atoms. The van der Waals surface area contributed by atoms with Crippen molar-refractivity contribution in [1.29, 1.82) is 0 Å². The first-order valence-electron chi connectivity index (χ1n) is 34.7. The molecule has 0 rings (SSSR count). The van der Waals surface area contributed by atoms with Crippen LogP contribution in [-0.4, -0.2) is 47.4 Å². The molecule has 0 bridgehead atoms. The van der Waals surface area contributed by atoms with Gasteiger partial charge < -0.3 is 20.3 Å². The molecular weight excluding hydrogens is 947 g/mol. The summed E-state index contributed by atoms with van der Waals surface area (Å²) in [6.45, 7) is 4.96. The topological polar surface area (TPSA) is 95.9 Å². The van der Waals surface area contributed by atoms with E-state index in [0.717, 1.165) is 51.4 Å². The van der Waals surface area contributed by atoms with Gasteiger partial charge in [-0.25, -0.2) is 0 Å². The molecule has 0 radical (unpaired) electrons. The largest absolute Gasteiger partial charge is 0.466 e. The minimum Gasteiger partial charge on any atom is -0.466 e. The Kier molecular flexibility index (Phi) is 64.9. The summed E-state index contributed by atoms with van der Waals surface area (Å²) >= 11 is 0. The van der Waals surface area contributed by atoms with Crippen molar-refractivity contribution < 1.29 is 24.5 Å². The molecule has 0 aromatic carbocycles. The molecule has 0 aliphatic carbocycles. The normalized spacial score (nSPS) is 12.7. The quantitative estimate of drug-likeness (QED) is 0.0320. The number of ether oxygens (including phenoxy) is 1. The third-order valence-electron chi connectivity index (χ3n) is 16.2. The average Bonchev–Trinajstić information content (AvgIpc) is 3.43. The van der Waals surface area contributed by atoms with E-state index in [0.29, 0.717) is 25.9 Å². The van der Waals surface area contributed by atoms with Gasteiger partial charge in [-0.15, -0.1) is 0 Å². The molecule has 0 aliphatic heterocycles.